The van der Waals surface area contributed by atoms with Gasteiger partial charge in [-0.25, -0.2) is 0 Å². The van der Waals surface area contributed by atoms with E-state index in [4.69, 9.17) is 5.11 Å². The molecule has 0 heterocycles. The predicted octanol–water partition coefficient (Wildman–Crippen LogP) is 0.967. The molecule has 0 aliphatic heterocycles. The van der Waals surface area contributed by atoms with Crippen molar-refractivity contribution in [2.75, 3.05) is 20.1 Å². The third-order valence-corrected chi connectivity index (χ3v) is 2.84. The summed E-state index contributed by atoms with van der Waals surface area (Å²) in [6, 6.07) is 0. The fourth-order valence-corrected chi connectivity index (χ4v) is 1.80. The molecule has 0 aromatic rings. The third-order valence-electron chi connectivity index (χ3n) is 2.84. The second-order valence-electron chi connectivity index (χ2n) is 4.21. The minimum Gasteiger partial charge on any atom is -0.481 e. The molecule has 1 amide bonds. The monoisotopic (exact) mass is 240 g/mol. The minimum atomic E-state index is -0.800. The average Bonchev–Trinajstić information content (AvgIpc) is 2.80. The zero-order valence-corrected chi connectivity index (χ0v) is 10.2. The van der Waals surface area contributed by atoms with Gasteiger partial charge in [-0.15, -0.1) is 0 Å². The zero-order valence-electron chi connectivity index (χ0n) is 10.2. The number of carboxylic acid groups (broad SMARTS) is 1. The molecular formula is C12H20N2O3. The number of aliphatic carboxylic acids is 1. The molecule has 0 aromatic heterocycles. The zero-order chi connectivity index (χ0) is 12.7. The van der Waals surface area contributed by atoms with Gasteiger partial charge in [-0.2, -0.15) is 0 Å². The van der Waals surface area contributed by atoms with Gasteiger partial charge in [-0.1, -0.05) is 6.08 Å². The first-order valence-electron chi connectivity index (χ1n) is 5.99. The van der Waals surface area contributed by atoms with Crippen LogP contribution in [0, 0.1) is 0 Å². The maximum Gasteiger partial charge on any atom is 0.303 e. The van der Waals surface area contributed by atoms with Crippen LogP contribution in [-0.4, -0.2) is 42.0 Å². The van der Waals surface area contributed by atoms with E-state index in [9.17, 15) is 9.59 Å². The molecule has 0 saturated carbocycles. The molecule has 1 rings (SSSR count). The molecule has 2 N–H and O–H groups in total. The second-order valence-corrected chi connectivity index (χ2v) is 4.21. The molecule has 0 spiro atoms. The molecule has 1 aliphatic carbocycles. The highest BCUT2D eigenvalue weighted by atomic mass is 16.4. The normalized spacial score (nSPS) is 14.5. The smallest absolute Gasteiger partial charge is 0.303 e. The Balaban J connectivity index is 2.14. The molecule has 0 fully saturated rings. The van der Waals surface area contributed by atoms with Crippen LogP contribution in [0.1, 0.15) is 32.1 Å². The van der Waals surface area contributed by atoms with Gasteiger partial charge in [0.25, 0.3) is 0 Å². The van der Waals surface area contributed by atoms with Gasteiger partial charge in [0.1, 0.15) is 0 Å². The lowest BCUT2D eigenvalue weighted by Crippen LogP contribution is -2.35. The molecular weight excluding hydrogens is 220 g/mol. The summed E-state index contributed by atoms with van der Waals surface area (Å²) in [7, 11) is 1.79. The van der Waals surface area contributed by atoms with Gasteiger partial charge in [-0.3, -0.25) is 9.59 Å². The first-order valence-corrected chi connectivity index (χ1v) is 5.99. The van der Waals surface area contributed by atoms with Crippen molar-refractivity contribution >= 4 is 11.9 Å². The Kier molecular flexibility index (Phi) is 5.69. The number of hydrogen-bond acceptors (Lipinski definition) is 3. The van der Waals surface area contributed by atoms with Crippen LogP contribution in [0.4, 0.5) is 0 Å². The summed E-state index contributed by atoms with van der Waals surface area (Å²) < 4.78 is 0. The number of likely N-dealkylation sites (N-methyl/N-ethyl adjacent to an activating group) is 1. The van der Waals surface area contributed by atoms with Crippen molar-refractivity contribution < 1.29 is 14.7 Å². The number of amides is 1. The minimum absolute atomic E-state index is 0.0356. The fourth-order valence-electron chi connectivity index (χ4n) is 1.80. The summed E-state index contributed by atoms with van der Waals surface area (Å²) in [5.41, 5.74) is 1.10. The van der Waals surface area contributed by atoms with Gasteiger partial charge in [0.2, 0.25) is 5.91 Å². The van der Waals surface area contributed by atoms with E-state index in [2.05, 4.69) is 11.4 Å². The van der Waals surface area contributed by atoms with Crippen molar-refractivity contribution in [2.45, 2.75) is 32.1 Å². The molecule has 0 atom stereocenters. The molecule has 0 aromatic carbocycles. The van der Waals surface area contributed by atoms with E-state index in [1.807, 2.05) is 0 Å². The van der Waals surface area contributed by atoms with E-state index in [0.29, 0.717) is 13.0 Å². The lowest BCUT2D eigenvalue weighted by Gasteiger charge is -2.18. The van der Waals surface area contributed by atoms with E-state index in [-0.39, 0.29) is 18.9 Å². The molecule has 5 heteroatoms. The number of carbonyl (C=O) groups is 2. The van der Waals surface area contributed by atoms with Gasteiger partial charge in [0.05, 0.1) is 6.54 Å². The Bertz CT molecular complexity index is 313. The SMILES string of the molecule is CN(C(=O)CNCCCC(=O)O)C1=CCCC1. The summed E-state index contributed by atoms with van der Waals surface area (Å²) >= 11 is 0. The van der Waals surface area contributed by atoms with E-state index >= 15 is 0 Å². The van der Waals surface area contributed by atoms with Gasteiger partial charge in [0, 0.05) is 19.2 Å². The van der Waals surface area contributed by atoms with E-state index in [1.54, 1.807) is 11.9 Å². The number of carbonyl (C=O) groups excluding carboxylic acids is 1. The Hall–Kier alpha value is -1.36. The van der Waals surface area contributed by atoms with Crippen molar-refractivity contribution in [2.24, 2.45) is 0 Å². The van der Waals surface area contributed by atoms with Crippen LogP contribution in [0.2, 0.25) is 0 Å². The second kappa shape index (κ2) is 7.06. The van der Waals surface area contributed by atoms with E-state index in [0.717, 1.165) is 25.0 Å². The molecule has 0 saturated heterocycles. The quantitative estimate of drug-likeness (QED) is 0.650. The van der Waals surface area contributed by atoms with E-state index in [1.165, 1.54) is 0 Å². The first-order chi connectivity index (χ1) is 8.11. The molecule has 0 bridgehead atoms. The summed E-state index contributed by atoms with van der Waals surface area (Å²) in [5, 5.41) is 11.4. The van der Waals surface area contributed by atoms with Crippen molar-refractivity contribution in [1.82, 2.24) is 10.2 Å². The van der Waals surface area contributed by atoms with Gasteiger partial charge < -0.3 is 15.3 Å². The lowest BCUT2D eigenvalue weighted by atomic mass is 10.3. The molecule has 96 valence electrons. The number of allylic oxidation sites excluding steroid dienone is 2. The molecule has 1 aliphatic rings. The topological polar surface area (TPSA) is 69.6 Å². The maximum absolute atomic E-state index is 11.7. The maximum atomic E-state index is 11.7. The highest BCUT2D eigenvalue weighted by Gasteiger charge is 2.15. The van der Waals surface area contributed by atoms with Crippen molar-refractivity contribution in [1.29, 1.82) is 0 Å². The Labute approximate surface area is 101 Å². The van der Waals surface area contributed by atoms with Gasteiger partial charge in [-0.05, 0) is 32.2 Å². The Morgan fingerprint density at radius 3 is 2.88 bits per heavy atom. The largest absolute Gasteiger partial charge is 0.481 e. The number of rotatable bonds is 7. The van der Waals surface area contributed by atoms with Crippen LogP contribution >= 0.6 is 0 Å². The van der Waals surface area contributed by atoms with Crippen LogP contribution < -0.4 is 5.32 Å². The highest BCUT2D eigenvalue weighted by Crippen LogP contribution is 2.19. The van der Waals surface area contributed by atoms with Crippen LogP contribution in [0.3, 0.4) is 0 Å². The van der Waals surface area contributed by atoms with Crippen LogP contribution in [-0.2, 0) is 9.59 Å². The number of hydrogen-bond donors (Lipinski definition) is 2. The molecule has 17 heavy (non-hydrogen) atoms. The molecule has 0 radical (unpaired) electrons. The number of carboxylic acids is 1. The van der Waals surface area contributed by atoms with Crippen molar-refractivity contribution in [3.63, 3.8) is 0 Å². The summed E-state index contributed by atoms with van der Waals surface area (Å²) in [6.07, 6.45) is 5.94. The number of nitrogens with zero attached hydrogens (tertiary/aromatic N) is 1. The lowest BCUT2D eigenvalue weighted by molar-refractivity contribution is -0.137. The van der Waals surface area contributed by atoms with Crippen LogP contribution in [0.15, 0.2) is 11.8 Å². The Morgan fingerprint density at radius 2 is 2.29 bits per heavy atom. The first kappa shape index (κ1) is 13.7. The van der Waals surface area contributed by atoms with Gasteiger partial charge in [0.15, 0.2) is 0 Å². The highest BCUT2D eigenvalue weighted by molar-refractivity contribution is 5.79. The van der Waals surface area contributed by atoms with Crippen molar-refractivity contribution in [3.05, 3.63) is 11.8 Å². The molecule has 5 nitrogen and oxygen atoms in total. The van der Waals surface area contributed by atoms with Crippen LogP contribution in [0.25, 0.3) is 0 Å². The average molecular weight is 240 g/mol. The van der Waals surface area contributed by atoms with Crippen LogP contribution in [0.5, 0.6) is 0 Å². The third kappa shape index (κ3) is 4.99. The predicted molar refractivity (Wildman–Crippen MR) is 64.4 cm³/mol. The van der Waals surface area contributed by atoms with Crippen molar-refractivity contribution in [3.8, 4) is 0 Å². The summed E-state index contributed by atoms with van der Waals surface area (Å²) in [4.78, 5) is 23.7. The standard InChI is InChI=1S/C12H20N2O3/c1-14(10-5-2-3-6-10)11(15)9-13-8-4-7-12(16)17/h5,13H,2-4,6-9H2,1H3,(H,16,17). The number of nitrogens with one attached hydrogen (secondary N) is 1. The van der Waals surface area contributed by atoms with E-state index < -0.39 is 5.97 Å². The summed E-state index contributed by atoms with van der Waals surface area (Å²) in [5.74, 6) is -0.764. The summed E-state index contributed by atoms with van der Waals surface area (Å²) in [6.45, 7) is 0.832. The fraction of sp³-hybridized carbons (Fsp3) is 0.667. The Morgan fingerprint density at radius 1 is 1.53 bits per heavy atom. The molecule has 0 unspecified atom stereocenters. The van der Waals surface area contributed by atoms with Gasteiger partial charge >= 0.3 is 5.97 Å².